The van der Waals surface area contributed by atoms with E-state index in [9.17, 15) is 4.79 Å². The number of nitrogens with zero attached hydrogens (tertiary/aromatic N) is 1. The third-order valence-corrected chi connectivity index (χ3v) is 7.03. The van der Waals surface area contributed by atoms with E-state index in [0.29, 0.717) is 10.9 Å². The van der Waals surface area contributed by atoms with Crippen LogP contribution in [0.2, 0.25) is 0 Å². The molecule has 0 aliphatic carbocycles. The van der Waals surface area contributed by atoms with E-state index >= 15 is 0 Å². The molecule has 2 aromatic carbocycles. The number of aryl methyl sites for hydroxylation is 1. The maximum absolute atomic E-state index is 13.1. The van der Waals surface area contributed by atoms with E-state index in [4.69, 9.17) is 9.47 Å². The second kappa shape index (κ2) is 16.4. The largest absolute Gasteiger partial charge is 0.455 e. The molecule has 0 aliphatic heterocycles. The summed E-state index contributed by atoms with van der Waals surface area (Å²) >= 11 is 0. The topological polar surface area (TPSA) is 35.5 Å². The summed E-state index contributed by atoms with van der Waals surface area (Å²) in [4.78, 5) is 13.1. The molecule has 36 heavy (non-hydrogen) atoms. The van der Waals surface area contributed by atoms with Gasteiger partial charge in [0, 0.05) is 18.9 Å². The maximum Gasteiger partial charge on any atom is 0.368 e. The Morgan fingerprint density at radius 2 is 1.39 bits per heavy atom. The van der Waals surface area contributed by atoms with Gasteiger partial charge in [-0.2, -0.15) is 0 Å². The van der Waals surface area contributed by atoms with Crippen molar-refractivity contribution in [3.05, 3.63) is 65.7 Å². The molecule has 4 heteroatoms. The number of esters is 1. The summed E-state index contributed by atoms with van der Waals surface area (Å²) in [6.45, 7) is 6.90. The minimum atomic E-state index is -0.632. The number of hydrogen-bond acceptors (Lipinski definition) is 3. The van der Waals surface area contributed by atoms with Crippen LogP contribution in [0.3, 0.4) is 0 Å². The average Bonchev–Trinajstić information content (AvgIpc) is 2.84. The molecule has 0 radical (unpaired) electrons. The highest BCUT2D eigenvalue weighted by Crippen LogP contribution is 2.24. The van der Waals surface area contributed by atoms with E-state index in [0.717, 1.165) is 25.1 Å². The molecule has 2 atom stereocenters. The van der Waals surface area contributed by atoms with Crippen LogP contribution in [0, 0.1) is 0 Å². The fourth-order valence-corrected chi connectivity index (χ4v) is 5.01. The number of likely N-dealkylation sites (N-methyl/N-ethyl adjacent to an activating group) is 1. The van der Waals surface area contributed by atoms with Gasteiger partial charge in [0.25, 0.3) is 0 Å². The normalized spacial score (nSPS) is 13.2. The van der Waals surface area contributed by atoms with Crippen molar-refractivity contribution in [2.45, 2.75) is 110 Å². The summed E-state index contributed by atoms with van der Waals surface area (Å²) in [6, 6.07) is 18.2. The summed E-state index contributed by atoms with van der Waals surface area (Å²) in [5.41, 5.74) is 2.40. The van der Waals surface area contributed by atoms with Crippen LogP contribution in [-0.2, 0) is 22.5 Å². The van der Waals surface area contributed by atoms with E-state index in [2.05, 4.69) is 45.3 Å². The molecule has 0 saturated carbocycles. The number of unbranched alkanes of at least 4 members (excludes halogenated alkanes) is 8. The summed E-state index contributed by atoms with van der Waals surface area (Å²) < 4.78 is 12.5. The number of para-hydroxylation sites is 1. The summed E-state index contributed by atoms with van der Waals surface area (Å²) in [6.07, 6.45) is 12.9. The standard InChI is InChI=1S/C32H50NO3/c1-6-8-9-10-11-12-13-14-18-23-29-24-19-20-25-31(29)35-27(3)36-32(34)30(7-2)33(4,5)26-28-21-16-15-17-22-28/h15-17,19-22,24-25,27,30H,6-14,18,23,26H2,1-5H3/q+1. The molecule has 200 valence electrons. The fourth-order valence-electron chi connectivity index (χ4n) is 5.01. The van der Waals surface area contributed by atoms with Gasteiger partial charge in [0.15, 0.2) is 6.04 Å². The number of carbonyl (C=O) groups is 1. The summed E-state index contributed by atoms with van der Waals surface area (Å²) in [7, 11) is 4.18. The lowest BCUT2D eigenvalue weighted by Gasteiger charge is -2.36. The molecule has 2 rings (SSSR count). The molecular weight excluding hydrogens is 446 g/mol. The van der Waals surface area contributed by atoms with E-state index in [1.807, 2.05) is 44.2 Å². The van der Waals surface area contributed by atoms with Gasteiger partial charge in [-0.3, -0.25) is 0 Å². The molecule has 0 amide bonds. The first kappa shape index (κ1) is 29.9. The fraction of sp³-hybridized carbons (Fsp3) is 0.594. The monoisotopic (exact) mass is 496 g/mol. The Hall–Kier alpha value is -2.33. The van der Waals surface area contributed by atoms with Gasteiger partial charge in [-0.05, 0) is 24.5 Å². The van der Waals surface area contributed by atoms with Crippen LogP contribution in [0.25, 0.3) is 0 Å². The lowest BCUT2D eigenvalue weighted by molar-refractivity contribution is -0.919. The van der Waals surface area contributed by atoms with Crippen molar-refractivity contribution >= 4 is 5.97 Å². The average molecular weight is 497 g/mol. The highest BCUT2D eigenvalue weighted by molar-refractivity contribution is 5.74. The zero-order valence-corrected chi connectivity index (χ0v) is 23.5. The molecule has 0 N–H and O–H groups in total. The van der Waals surface area contributed by atoms with Gasteiger partial charge in [-0.15, -0.1) is 0 Å². The van der Waals surface area contributed by atoms with Gasteiger partial charge in [-0.1, -0.05) is 114 Å². The molecule has 4 nitrogen and oxygen atoms in total. The van der Waals surface area contributed by atoms with Crippen LogP contribution in [0.4, 0.5) is 0 Å². The Bertz CT molecular complexity index is 865. The predicted molar refractivity (Wildman–Crippen MR) is 150 cm³/mol. The molecule has 0 fully saturated rings. The zero-order valence-electron chi connectivity index (χ0n) is 23.5. The Balaban J connectivity index is 1.83. The van der Waals surface area contributed by atoms with Gasteiger partial charge in [-0.25, -0.2) is 4.79 Å². The van der Waals surface area contributed by atoms with Gasteiger partial charge < -0.3 is 14.0 Å². The lowest BCUT2D eigenvalue weighted by Crippen LogP contribution is -2.53. The molecule has 2 aromatic rings. The van der Waals surface area contributed by atoms with Gasteiger partial charge in [0.2, 0.25) is 6.29 Å². The minimum Gasteiger partial charge on any atom is -0.455 e. The van der Waals surface area contributed by atoms with Crippen LogP contribution < -0.4 is 4.74 Å². The quantitative estimate of drug-likeness (QED) is 0.0905. The van der Waals surface area contributed by atoms with Crippen molar-refractivity contribution in [2.75, 3.05) is 14.1 Å². The maximum atomic E-state index is 13.1. The Morgan fingerprint density at radius 3 is 2.03 bits per heavy atom. The van der Waals surface area contributed by atoms with Gasteiger partial charge in [0.05, 0.1) is 14.1 Å². The first-order chi connectivity index (χ1) is 17.4. The SMILES string of the molecule is CCCCCCCCCCCc1ccccc1OC(C)OC(=O)C(CC)[N+](C)(C)Cc1ccccc1. The van der Waals surface area contributed by atoms with Crippen molar-refractivity contribution in [1.82, 2.24) is 0 Å². The van der Waals surface area contributed by atoms with Crippen LogP contribution >= 0.6 is 0 Å². The smallest absolute Gasteiger partial charge is 0.368 e. The van der Waals surface area contributed by atoms with Crippen molar-refractivity contribution in [3.8, 4) is 5.75 Å². The lowest BCUT2D eigenvalue weighted by atomic mass is 10.0. The highest BCUT2D eigenvalue weighted by Gasteiger charge is 2.36. The zero-order chi connectivity index (χ0) is 26.2. The number of benzene rings is 2. The Morgan fingerprint density at radius 1 is 0.806 bits per heavy atom. The Labute approximate surface area is 220 Å². The molecule has 0 spiro atoms. The molecule has 0 heterocycles. The van der Waals surface area contributed by atoms with Crippen LogP contribution in [0.15, 0.2) is 54.6 Å². The van der Waals surface area contributed by atoms with Crippen molar-refractivity contribution in [3.63, 3.8) is 0 Å². The molecule has 0 bridgehead atoms. The van der Waals surface area contributed by atoms with Gasteiger partial charge in [0.1, 0.15) is 12.3 Å². The minimum absolute atomic E-state index is 0.206. The first-order valence-electron chi connectivity index (χ1n) is 14.2. The molecule has 0 aromatic heterocycles. The van der Waals surface area contributed by atoms with Crippen LogP contribution in [-0.4, -0.2) is 36.9 Å². The van der Waals surface area contributed by atoms with Gasteiger partial charge >= 0.3 is 5.97 Å². The number of hydrogen-bond donors (Lipinski definition) is 0. The summed E-state index contributed by atoms with van der Waals surface area (Å²) in [5, 5.41) is 0. The number of ether oxygens (including phenoxy) is 2. The second-order valence-electron chi connectivity index (χ2n) is 10.7. The van der Waals surface area contributed by atoms with Crippen LogP contribution in [0.5, 0.6) is 5.75 Å². The van der Waals surface area contributed by atoms with Crippen molar-refractivity contribution in [2.24, 2.45) is 0 Å². The van der Waals surface area contributed by atoms with E-state index in [-0.39, 0.29) is 12.0 Å². The van der Waals surface area contributed by atoms with Crippen molar-refractivity contribution < 1.29 is 18.8 Å². The van der Waals surface area contributed by atoms with E-state index in [1.54, 1.807) is 0 Å². The molecule has 2 unspecified atom stereocenters. The van der Waals surface area contributed by atoms with Crippen molar-refractivity contribution in [1.29, 1.82) is 0 Å². The first-order valence-corrected chi connectivity index (χ1v) is 14.2. The third-order valence-electron chi connectivity index (χ3n) is 7.03. The second-order valence-corrected chi connectivity index (χ2v) is 10.7. The molecular formula is C32H50NO3+. The molecule has 0 saturated heterocycles. The molecule has 0 aliphatic rings. The predicted octanol–water partition coefficient (Wildman–Crippen LogP) is 8.08. The van der Waals surface area contributed by atoms with E-state index < -0.39 is 6.29 Å². The highest BCUT2D eigenvalue weighted by atomic mass is 16.7. The number of quaternary nitrogens is 1. The van der Waals surface area contributed by atoms with E-state index in [1.165, 1.54) is 62.5 Å². The third kappa shape index (κ3) is 10.7. The Kier molecular flexibility index (Phi) is 13.6. The number of carbonyl (C=O) groups excluding carboxylic acids is 1. The summed E-state index contributed by atoms with van der Waals surface area (Å²) in [5.74, 6) is 0.616. The van der Waals surface area contributed by atoms with Crippen LogP contribution in [0.1, 0.15) is 96.1 Å². The number of rotatable bonds is 18.